The summed E-state index contributed by atoms with van der Waals surface area (Å²) in [5, 5.41) is 0. The normalized spacial score (nSPS) is 14.8. The van der Waals surface area contributed by atoms with Crippen molar-refractivity contribution < 1.29 is 9.59 Å². The third kappa shape index (κ3) is 4.15. The average molecular weight is 368 g/mol. The molecule has 1 aromatic carbocycles. The first-order valence-corrected chi connectivity index (χ1v) is 9.39. The van der Waals surface area contributed by atoms with Crippen molar-refractivity contribution in [1.29, 1.82) is 0 Å². The van der Waals surface area contributed by atoms with Gasteiger partial charge in [-0.3, -0.25) is 9.59 Å². The number of aromatic nitrogens is 1. The number of amides is 2. The van der Waals surface area contributed by atoms with E-state index in [0.29, 0.717) is 31.7 Å². The molecule has 0 radical (unpaired) electrons. The number of aromatic amines is 1. The summed E-state index contributed by atoms with van der Waals surface area (Å²) in [6.07, 6.45) is 0.787. The van der Waals surface area contributed by atoms with Crippen LogP contribution in [0.2, 0.25) is 0 Å². The van der Waals surface area contributed by atoms with E-state index >= 15 is 0 Å². The van der Waals surface area contributed by atoms with E-state index in [1.807, 2.05) is 73.0 Å². The van der Waals surface area contributed by atoms with Crippen LogP contribution in [0, 0.1) is 13.8 Å². The molecule has 1 N–H and O–H groups in total. The summed E-state index contributed by atoms with van der Waals surface area (Å²) in [5.74, 6) is 0.0739. The summed E-state index contributed by atoms with van der Waals surface area (Å²) in [7, 11) is 3.95. The van der Waals surface area contributed by atoms with Crippen LogP contribution in [0.4, 0.5) is 5.69 Å². The minimum Gasteiger partial charge on any atom is -0.378 e. The van der Waals surface area contributed by atoms with E-state index in [4.69, 9.17) is 0 Å². The molecule has 1 aromatic heterocycles. The Labute approximate surface area is 160 Å². The zero-order valence-electron chi connectivity index (χ0n) is 16.6. The van der Waals surface area contributed by atoms with Crippen LogP contribution >= 0.6 is 0 Å². The molecule has 0 spiro atoms. The number of aryl methyl sites for hydroxylation is 2. The molecule has 0 aliphatic carbocycles. The fraction of sp³-hybridized carbons (Fsp3) is 0.429. The summed E-state index contributed by atoms with van der Waals surface area (Å²) in [6.45, 7) is 6.33. The molecule has 27 heavy (non-hydrogen) atoms. The zero-order chi connectivity index (χ0) is 19.6. The number of nitrogens with one attached hydrogen (secondary N) is 1. The van der Waals surface area contributed by atoms with Crippen LogP contribution in [0.25, 0.3) is 0 Å². The average Bonchev–Trinajstić information content (AvgIpc) is 2.85. The number of anilines is 1. The van der Waals surface area contributed by atoms with Crippen LogP contribution < -0.4 is 4.90 Å². The monoisotopic (exact) mass is 368 g/mol. The lowest BCUT2D eigenvalue weighted by Crippen LogP contribution is -2.37. The highest BCUT2D eigenvalue weighted by atomic mass is 16.2. The molecule has 144 valence electrons. The van der Waals surface area contributed by atoms with Gasteiger partial charge in [-0.25, -0.2) is 0 Å². The lowest BCUT2D eigenvalue weighted by molar-refractivity contribution is 0.0718. The highest BCUT2D eigenvalue weighted by Gasteiger charge is 2.25. The molecule has 1 fully saturated rings. The lowest BCUT2D eigenvalue weighted by atomic mass is 10.1. The standard InChI is InChI=1S/C21H28N4O2/c1-15-14-19(16(2)22-15)21(27)25-11-5-10-24(12-13-25)20(26)17-6-8-18(9-7-17)23(3)4/h6-9,14,22H,5,10-13H2,1-4H3. The topological polar surface area (TPSA) is 59.7 Å². The molecule has 6 nitrogen and oxygen atoms in total. The highest BCUT2D eigenvalue weighted by Crippen LogP contribution is 2.17. The molecular weight excluding hydrogens is 340 g/mol. The number of nitrogens with zero attached hydrogens (tertiary/aromatic N) is 3. The Morgan fingerprint density at radius 3 is 2.04 bits per heavy atom. The zero-order valence-corrected chi connectivity index (χ0v) is 16.6. The molecule has 0 saturated carbocycles. The van der Waals surface area contributed by atoms with E-state index in [0.717, 1.165) is 29.1 Å². The maximum atomic E-state index is 12.8. The summed E-state index contributed by atoms with van der Waals surface area (Å²) in [6, 6.07) is 9.56. The van der Waals surface area contributed by atoms with Crippen molar-refractivity contribution in [2.75, 3.05) is 45.2 Å². The first kappa shape index (κ1) is 19.0. The number of hydrogen-bond donors (Lipinski definition) is 1. The molecule has 0 unspecified atom stereocenters. The Balaban J connectivity index is 1.66. The predicted octanol–water partition coefficient (Wildman–Crippen LogP) is 2.69. The summed E-state index contributed by atoms with van der Waals surface area (Å²) in [4.78, 5) is 34.6. The molecule has 1 aliphatic rings. The summed E-state index contributed by atoms with van der Waals surface area (Å²) < 4.78 is 0. The van der Waals surface area contributed by atoms with Crippen LogP contribution in [0.3, 0.4) is 0 Å². The van der Waals surface area contributed by atoms with Crippen molar-refractivity contribution in [3.63, 3.8) is 0 Å². The molecule has 1 saturated heterocycles. The van der Waals surface area contributed by atoms with Gasteiger partial charge < -0.3 is 19.7 Å². The molecule has 6 heteroatoms. The lowest BCUT2D eigenvalue weighted by Gasteiger charge is -2.22. The number of carbonyl (C=O) groups is 2. The Morgan fingerprint density at radius 1 is 0.926 bits per heavy atom. The van der Waals surface area contributed by atoms with Gasteiger partial charge in [-0.15, -0.1) is 0 Å². The smallest absolute Gasteiger partial charge is 0.255 e. The quantitative estimate of drug-likeness (QED) is 0.906. The van der Waals surface area contributed by atoms with Gasteiger partial charge in [-0.05, 0) is 50.6 Å². The van der Waals surface area contributed by atoms with Crippen LogP contribution in [0.5, 0.6) is 0 Å². The van der Waals surface area contributed by atoms with Gasteiger partial charge in [0.1, 0.15) is 0 Å². The minimum atomic E-state index is 0.0308. The molecule has 0 atom stereocenters. The van der Waals surface area contributed by atoms with Gasteiger partial charge in [-0.1, -0.05) is 0 Å². The van der Waals surface area contributed by atoms with E-state index in [-0.39, 0.29) is 11.8 Å². The second-order valence-electron chi connectivity index (χ2n) is 7.37. The largest absolute Gasteiger partial charge is 0.378 e. The third-order valence-corrected chi connectivity index (χ3v) is 5.08. The molecule has 2 aromatic rings. The summed E-state index contributed by atoms with van der Waals surface area (Å²) in [5.41, 5.74) is 4.37. The van der Waals surface area contributed by atoms with Gasteiger partial charge in [0.05, 0.1) is 5.56 Å². The molecule has 0 bridgehead atoms. The first-order chi connectivity index (χ1) is 12.9. The molecule has 2 amide bonds. The van der Waals surface area contributed by atoms with E-state index in [9.17, 15) is 9.59 Å². The van der Waals surface area contributed by atoms with E-state index in [1.165, 1.54) is 0 Å². The Hall–Kier alpha value is -2.76. The van der Waals surface area contributed by atoms with E-state index < -0.39 is 0 Å². The van der Waals surface area contributed by atoms with Crippen molar-refractivity contribution >= 4 is 17.5 Å². The van der Waals surface area contributed by atoms with Crippen LogP contribution in [0.1, 0.15) is 38.5 Å². The predicted molar refractivity (Wildman–Crippen MR) is 107 cm³/mol. The van der Waals surface area contributed by atoms with Gasteiger partial charge in [0.15, 0.2) is 0 Å². The Morgan fingerprint density at radius 2 is 1.52 bits per heavy atom. The van der Waals surface area contributed by atoms with Gasteiger partial charge in [0, 0.05) is 62.9 Å². The molecule has 2 heterocycles. The molecule has 1 aliphatic heterocycles. The van der Waals surface area contributed by atoms with Crippen molar-refractivity contribution in [3.05, 3.63) is 52.8 Å². The second-order valence-corrected chi connectivity index (χ2v) is 7.37. The van der Waals surface area contributed by atoms with Gasteiger partial charge in [0.2, 0.25) is 0 Å². The fourth-order valence-corrected chi connectivity index (χ4v) is 3.52. The van der Waals surface area contributed by atoms with Crippen molar-refractivity contribution in [3.8, 4) is 0 Å². The minimum absolute atomic E-state index is 0.0308. The van der Waals surface area contributed by atoms with Gasteiger partial charge in [-0.2, -0.15) is 0 Å². The van der Waals surface area contributed by atoms with Crippen molar-refractivity contribution in [2.24, 2.45) is 0 Å². The molecular formula is C21H28N4O2. The number of H-pyrrole nitrogens is 1. The van der Waals surface area contributed by atoms with Gasteiger partial charge in [0.25, 0.3) is 11.8 Å². The molecule has 3 rings (SSSR count). The number of benzene rings is 1. The maximum absolute atomic E-state index is 12.8. The number of rotatable bonds is 3. The highest BCUT2D eigenvalue weighted by molar-refractivity contribution is 5.96. The Bertz CT molecular complexity index is 823. The maximum Gasteiger partial charge on any atom is 0.255 e. The third-order valence-electron chi connectivity index (χ3n) is 5.08. The van der Waals surface area contributed by atoms with E-state index in [2.05, 4.69) is 4.98 Å². The number of carbonyl (C=O) groups excluding carboxylic acids is 2. The SMILES string of the molecule is Cc1cc(C(=O)N2CCCN(C(=O)c3ccc(N(C)C)cc3)CC2)c(C)[nH]1. The van der Waals surface area contributed by atoms with Crippen LogP contribution in [-0.4, -0.2) is 66.9 Å². The van der Waals surface area contributed by atoms with E-state index in [1.54, 1.807) is 0 Å². The number of hydrogen-bond acceptors (Lipinski definition) is 3. The second kappa shape index (κ2) is 7.86. The van der Waals surface area contributed by atoms with Crippen molar-refractivity contribution in [1.82, 2.24) is 14.8 Å². The van der Waals surface area contributed by atoms with Crippen LogP contribution in [0.15, 0.2) is 30.3 Å². The fourth-order valence-electron chi connectivity index (χ4n) is 3.52. The van der Waals surface area contributed by atoms with Crippen LogP contribution in [-0.2, 0) is 0 Å². The first-order valence-electron chi connectivity index (χ1n) is 9.39. The van der Waals surface area contributed by atoms with Gasteiger partial charge >= 0.3 is 0 Å². The van der Waals surface area contributed by atoms with Crippen molar-refractivity contribution in [2.45, 2.75) is 20.3 Å². The summed E-state index contributed by atoms with van der Waals surface area (Å²) >= 11 is 0. The Kier molecular flexibility index (Phi) is 5.54.